The quantitative estimate of drug-likeness (QED) is 0.352. The topological polar surface area (TPSA) is 56.0 Å². The molecule has 0 aliphatic rings. The van der Waals surface area contributed by atoms with Gasteiger partial charge >= 0.3 is 0 Å². The van der Waals surface area contributed by atoms with Crippen LogP contribution in [0.25, 0.3) is 0 Å². The van der Waals surface area contributed by atoms with E-state index >= 15 is 0 Å². The fraction of sp³-hybridized carbons (Fsp3) is 0. The van der Waals surface area contributed by atoms with Crippen LogP contribution in [0.15, 0.2) is 12.3 Å². The third-order valence-corrected chi connectivity index (χ3v) is 1.04. The van der Waals surface area contributed by atoms with Crippen molar-refractivity contribution < 1.29 is 4.92 Å². The molecule has 0 aliphatic heterocycles. The van der Waals surface area contributed by atoms with E-state index in [2.05, 4.69) is 11.1 Å². The molecule has 1 rings (SSSR count). The van der Waals surface area contributed by atoms with Gasteiger partial charge in [0, 0.05) is 12.3 Å². The molecule has 1 heterocycles. The minimum atomic E-state index is -0.576. The summed E-state index contributed by atoms with van der Waals surface area (Å²) >= 11 is 5.32. The highest BCUT2D eigenvalue weighted by Gasteiger charge is 2.04. The number of hydrogen-bond acceptors (Lipinski definition) is 3. The zero-order valence-electron chi connectivity index (χ0n) is 4.74. The monoisotopic (exact) mass is 157 g/mol. The highest BCUT2D eigenvalue weighted by molar-refractivity contribution is 6.29. The van der Waals surface area contributed by atoms with Crippen molar-refractivity contribution >= 4 is 17.3 Å². The first kappa shape index (κ1) is 6.95. The summed E-state index contributed by atoms with van der Waals surface area (Å²) in [5, 5.41) is 10.0. The summed E-state index contributed by atoms with van der Waals surface area (Å²) in [6, 6.07) is 3.49. The lowest BCUT2D eigenvalue weighted by Crippen LogP contribution is -1.87. The molecule has 0 spiro atoms. The second kappa shape index (κ2) is 2.62. The van der Waals surface area contributed by atoms with Gasteiger partial charge in [-0.15, -0.1) is 0 Å². The molecule has 1 aromatic rings. The number of nitrogens with zero attached hydrogens (tertiary/aromatic N) is 2. The summed E-state index contributed by atoms with van der Waals surface area (Å²) in [6.45, 7) is 0. The first-order valence-corrected chi connectivity index (χ1v) is 2.76. The number of halogens is 1. The van der Waals surface area contributed by atoms with Gasteiger partial charge in [0.25, 0.3) is 5.69 Å². The molecule has 1 radical (unpaired) electrons. The van der Waals surface area contributed by atoms with Crippen molar-refractivity contribution in [2.45, 2.75) is 0 Å². The number of pyridine rings is 1. The standard InChI is InChI=1S/C5H2ClN2O2/c6-5-3-4(8(9)10)1-2-7-5/h1-2H. The minimum Gasteiger partial charge on any atom is -0.258 e. The molecule has 1 aromatic heterocycles. The van der Waals surface area contributed by atoms with Crippen molar-refractivity contribution in [3.05, 3.63) is 33.6 Å². The van der Waals surface area contributed by atoms with Crippen LogP contribution in [0.2, 0.25) is 5.15 Å². The molecule has 10 heavy (non-hydrogen) atoms. The Labute approximate surface area is 61.6 Å². The summed E-state index contributed by atoms with van der Waals surface area (Å²) in [5.41, 5.74) is -0.167. The second-order valence-corrected chi connectivity index (χ2v) is 1.86. The predicted molar refractivity (Wildman–Crippen MR) is 34.7 cm³/mol. The van der Waals surface area contributed by atoms with E-state index in [-0.39, 0.29) is 10.8 Å². The summed E-state index contributed by atoms with van der Waals surface area (Å²) < 4.78 is 0. The second-order valence-electron chi connectivity index (χ2n) is 1.50. The number of rotatable bonds is 1. The van der Waals surface area contributed by atoms with Crippen LogP contribution in [0.1, 0.15) is 0 Å². The molecule has 0 saturated heterocycles. The first-order valence-electron chi connectivity index (χ1n) is 2.38. The lowest BCUT2D eigenvalue weighted by Gasteiger charge is -1.87. The van der Waals surface area contributed by atoms with E-state index in [0.717, 1.165) is 0 Å². The highest BCUT2D eigenvalue weighted by atomic mass is 35.5. The molecule has 5 heteroatoms. The fourth-order valence-electron chi connectivity index (χ4n) is 0.459. The van der Waals surface area contributed by atoms with E-state index < -0.39 is 4.92 Å². The van der Waals surface area contributed by atoms with Crippen molar-refractivity contribution in [1.29, 1.82) is 0 Å². The van der Waals surface area contributed by atoms with Crippen LogP contribution in [-0.2, 0) is 0 Å². The number of nitro groups is 1. The zero-order valence-corrected chi connectivity index (χ0v) is 5.50. The maximum absolute atomic E-state index is 10.0. The van der Waals surface area contributed by atoms with E-state index in [0.29, 0.717) is 0 Å². The molecule has 0 saturated carbocycles. The molecule has 0 N–H and O–H groups in total. The molecule has 51 valence electrons. The maximum Gasteiger partial charge on any atom is 0.282 e. The largest absolute Gasteiger partial charge is 0.282 e. The third-order valence-electron chi connectivity index (χ3n) is 0.848. The van der Waals surface area contributed by atoms with Gasteiger partial charge in [-0.2, -0.15) is 0 Å². The summed E-state index contributed by atoms with van der Waals surface area (Å²) in [7, 11) is 0. The lowest BCUT2D eigenvalue weighted by molar-refractivity contribution is -0.385. The van der Waals surface area contributed by atoms with Crippen LogP contribution >= 0.6 is 11.6 Å². The maximum atomic E-state index is 10.0. The Morgan fingerprint density at radius 2 is 2.50 bits per heavy atom. The molecule has 0 amide bonds. The fourth-order valence-corrected chi connectivity index (χ4v) is 0.613. The normalized spacial score (nSPS) is 9.30. The average molecular weight is 158 g/mol. The Hall–Kier alpha value is -1.16. The van der Waals surface area contributed by atoms with E-state index in [4.69, 9.17) is 11.6 Å². The molecule has 0 atom stereocenters. The first-order chi connectivity index (χ1) is 4.70. The molecule has 4 nitrogen and oxygen atoms in total. The lowest BCUT2D eigenvalue weighted by atomic mass is 10.4. The Morgan fingerprint density at radius 1 is 1.80 bits per heavy atom. The van der Waals surface area contributed by atoms with Crippen LogP contribution in [0, 0.1) is 16.2 Å². The van der Waals surface area contributed by atoms with Crippen molar-refractivity contribution in [3.63, 3.8) is 0 Å². The molecule has 0 aromatic carbocycles. The molecule has 0 aliphatic carbocycles. The highest BCUT2D eigenvalue weighted by Crippen LogP contribution is 2.12. The van der Waals surface area contributed by atoms with E-state index in [1.807, 2.05) is 0 Å². The van der Waals surface area contributed by atoms with E-state index in [1.54, 1.807) is 0 Å². The van der Waals surface area contributed by atoms with Gasteiger partial charge in [0.2, 0.25) is 0 Å². The molecular weight excluding hydrogens is 156 g/mol. The van der Waals surface area contributed by atoms with Crippen LogP contribution in [0.3, 0.4) is 0 Å². The third kappa shape index (κ3) is 1.41. The van der Waals surface area contributed by atoms with E-state index in [9.17, 15) is 10.1 Å². The zero-order chi connectivity index (χ0) is 7.56. The Bertz CT molecular complexity index is 264. The predicted octanol–water partition coefficient (Wildman–Crippen LogP) is 1.44. The van der Waals surface area contributed by atoms with Crippen LogP contribution in [0.4, 0.5) is 5.69 Å². The smallest absolute Gasteiger partial charge is 0.258 e. The molecule has 0 fully saturated rings. The van der Waals surface area contributed by atoms with Crippen LogP contribution in [-0.4, -0.2) is 9.91 Å². The molecule has 0 unspecified atom stereocenters. The van der Waals surface area contributed by atoms with Gasteiger partial charge in [0.15, 0.2) is 0 Å². The Kier molecular flexibility index (Phi) is 1.82. The van der Waals surface area contributed by atoms with Gasteiger partial charge in [-0.1, -0.05) is 11.6 Å². The number of hydrogen-bond donors (Lipinski definition) is 0. The Balaban J connectivity index is 3.07. The van der Waals surface area contributed by atoms with Crippen LogP contribution < -0.4 is 0 Å². The van der Waals surface area contributed by atoms with Crippen molar-refractivity contribution in [2.75, 3.05) is 0 Å². The van der Waals surface area contributed by atoms with Crippen molar-refractivity contribution in [3.8, 4) is 0 Å². The van der Waals surface area contributed by atoms with Gasteiger partial charge in [0.05, 0.1) is 4.92 Å². The van der Waals surface area contributed by atoms with Crippen molar-refractivity contribution in [2.24, 2.45) is 0 Å². The summed E-state index contributed by atoms with van der Waals surface area (Å²) in [4.78, 5) is 13.0. The molecule has 0 bridgehead atoms. The van der Waals surface area contributed by atoms with Crippen molar-refractivity contribution in [1.82, 2.24) is 4.98 Å². The van der Waals surface area contributed by atoms with E-state index in [1.165, 1.54) is 12.3 Å². The summed E-state index contributed by atoms with van der Waals surface area (Å²) in [5.74, 6) is 0. The van der Waals surface area contributed by atoms with Gasteiger partial charge in [-0.05, 0) is 0 Å². The average Bonchev–Trinajstić information content (AvgIpc) is 1.88. The SMILES string of the molecule is O=[N+]([O-])c1[c]c(Cl)ncc1. The Morgan fingerprint density at radius 3 is 2.90 bits per heavy atom. The summed E-state index contributed by atoms with van der Waals surface area (Å²) in [6.07, 6.45) is 1.26. The van der Waals surface area contributed by atoms with Gasteiger partial charge in [-0.25, -0.2) is 4.98 Å². The van der Waals surface area contributed by atoms with Gasteiger partial charge in [-0.3, -0.25) is 10.1 Å². The van der Waals surface area contributed by atoms with Gasteiger partial charge in [0.1, 0.15) is 11.2 Å². The minimum absolute atomic E-state index is 0.00852. The number of aromatic nitrogens is 1. The van der Waals surface area contributed by atoms with Gasteiger partial charge < -0.3 is 0 Å². The molecular formula is C5H2ClN2O2. The van der Waals surface area contributed by atoms with Crippen LogP contribution in [0.5, 0.6) is 0 Å².